The topological polar surface area (TPSA) is 24.9 Å². The third kappa shape index (κ3) is 3.30. The Balaban J connectivity index is 2.03. The number of aryl methyl sites for hydroxylation is 1. The number of nitrogens with zero attached hydrogens (tertiary/aromatic N) is 1. The van der Waals surface area contributed by atoms with Crippen molar-refractivity contribution in [3.05, 3.63) is 45.9 Å². The minimum Gasteiger partial charge on any atom is -0.388 e. The van der Waals surface area contributed by atoms with Gasteiger partial charge >= 0.3 is 0 Å². The van der Waals surface area contributed by atoms with Gasteiger partial charge in [-0.15, -0.1) is 11.3 Å². The van der Waals surface area contributed by atoms with Crippen molar-refractivity contribution in [1.82, 2.24) is 4.98 Å². The predicted molar refractivity (Wildman–Crippen MR) is 74.9 cm³/mol. The molecule has 3 heteroatoms. The third-order valence-corrected chi connectivity index (χ3v) is 3.60. The molecule has 2 aromatic rings. The lowest BCUT2D eigenvalue weighted by molar-refractivity contribution is 0.883. The van der Waals surface area contributed by atoms with E-state index >= 15 is 0 Å². The zero-order chi connectivity index (χ0) is 12.1. The summed E-state index contributed by atoms with van der Waals surface area (Å²) in [6.45, 7) is 2.19. The summed E-state index contributed by atoms with van der Waals surface area (Å²) in [5.41, 5.74) is 3.71. The summed E-state index contributed by atoms with van der Waals surface area (Å²) in [6, 6.07) is 8.53. The maximum Gasteiger partial charge on any atom is 0.0972 e. The molecular formula is C14H18N2S. The third-order valence-electron chi connectivity index (χ3n) is 2.70. The lowest BCUT2D eigenvalue weighted by Gasteiger charge is -2.01. The predicted octanol–water partition coefficient (Wildman–Crippen LogP) is 3.73. The minimum atomic E-state index is 0.943. The van der Waals surface area contributed by atoms with E-state index in [1.807, 2.05) is 7.05 Å². The van der Waals surface area contributed by atoms with Crippen LogP contribution in [0.25, 0.3) is 0 Å². The Bertz CT molecular complexity index is 459. The fourth-order valence-corrected chi connectivity index (χ4v) is 2.63. The van der Waals surface area contributed by atoms with Crippen LogP contribution in [0.15, 0.2) is 29.6 Å². The van der Waals surface area contributed by atoms with E-state index in [1.165, 1.54) is 22.7 Å². The molecular weight excluding hydrogens is 228 g/mol. The molecule has 1 heterocycles. The number of rotatable bonds is 5. The molecule has 0 aliphatic carbocycles. The number of hydrogen-bond acceptors (Lipinski definition) is 3. The van der Waals surface area contributed by atoms with Crippen LogP contribution in [0.2, 0.25) is 0 Å². The highest BCUT2D eigenvalue weighted by Gasteiger charge is 2.02. The lowest BCUT2D eigenvalue weighted by Crippen LogP contribution is -1.91. The van der Waals surface area contributed by atoms with Crippen molar-refractivity contribution in [3.8, 4) is 0 Å². The number of benzene rings is 1. The van der Waals surface area contributed by atoms with Gasteiger partial charge in [0.05, 0.1) is 10.7 Å². The quantitative estimate of drug-likeness (QED) is 0.869. The summed E-state index contributed by atoms with van der Waals surface area (Å²) in [4.78, 5) is 4.64. The van der Waals surface area contributed by atoms with Gasteiger partial charge in [0, 0.05) is 24.5 Å². The van der Waals surface area contributed by atoms with Gasteiger partial charge in [-0.2, -0.15) is 0 Å². The second kappa shape index (κ2) is 5.82. The molecule has 0 aliphatic rings. The minimum absolute atomic E-state index is 0.943. The van der Waals surface area contributed by atoms with Gasteiger partial charge in [0.1, 0.15) is 0 Å². The van der Waals surface area contributed by atoms with E-state index in [0.717, 1.165) is 18.5 Å². The summed E-state index contributed by atoms with van der Waals surface area (Å²) in [7, 11) is 1.94. The van der Waals surface area contributed by atoms with Gasteiger partial charge in [0.25, 0.3) is 0 Å². The molecule has 0 unspecified atom stereocenters. The Morgan fingerprint density at radius 3 is 2.65 bits per heavy atom. The highest BCUT2D eigenvalue weighted by atomic mass is 32.1. The van der Waals surface area contributed by atoms with E-state index < -0.39 is 0 Å². The van der Waals surface area contributed by atoms with Gasteiger partial charge in [-0.25, -0.2) is 4.98 Å². The van der Waals surface area contributed by atoms with Crippen LogP contribution in [0.5, 0.6) is 0 Å². The summed E-state index contributed by atoms with van der Waals surface area (Å²) in [5, 5.41) is 6.52. The second-order valence-electron chi connectivity index (χ2n) is 4.11. The van der Waals surface area contributed by atoms with Crippen LogP contribution in [-0.4, -0.2) is 12.0 Å². The van der Waals surface area contributed by atoms with E-state index in [0.29, 0.717) is 0 Å². The number of anilines is 1. The van der Waals surface area contributed by atoms with E-state index in [4.69, 9.17) is 0 Å². The fraction of sp³-hybridized carbons (Fsp3) is 0.357. The monoisotopic (exact) mass is 246 g/mol. The first-order valence-corrected chi connectivity index (χ1v) is 6.89. The van der Waals surface area contributed by atoms with Crippen LogP contribution in [-0.2, 0) is 12.8 Å². The van der Waals surface area contributed by atoms with Crippen LogP contribution in [0.1, 0.15) is 29.6 Å². The summed E-state index contributed by atoms with van der Waals surface area (Å²) >= 11 is 1.77. The lowest BCUT2D eigenvalue weighted by atomic mass is 10.1. The maximum atomic E-state index is 4.64. The smallest absolute Gasteiger partial charge is 0.0972 e. The molecule has 1 N–H and O–H groups in total. The molecule has 17 heavy (non-hydrogen) atoms. The Morgan fingerprint density at radius 1 is 1.24 bits per heavy atom. The summed E-state index contributed by atoms with van der Waals surface area (Å²) in [6.07, 6.45) is 3.20. The molecule has 0 fully saturated rings. The van der Waals surface area contributed by atoms with Crippen molar-refractivity contribution >= 4 is 17.0 Å². The first-order valence-electron chi connectivity index (χ1n) is 6.01. The first-order chi connectivity index (χ1) is 8.31. The molecule has 0 aliphatic heterocycles. The Morgan fingerprint density at radius 2 is 2.00 bits per heavy atom. The van der Waals surface area contributed by atoms with Crippen molar-refractivity contribution in [3.63, 3.8) is 0 Å². The molecule has 90 valence electrons. The number of nitrogens with one attached hydrogen (secondary N) is 1. The maximum absolute atomic E-state index is 4.64. The molecule has 0 saturated heterocycles. The van der Waals surface area contributed by atoms with Crippen LogP contribution in [0, 0.1) is 0 Å². The van der Waals surface area contributed by atoms with E-state index in [-0.39, 0.29) is 0 Å². The average Bonchev–Trinajstić information content (AvgIpc) is 2.78. The molecule has 1 aromatic heterocycles. The highest BCUT2D eigenvalue weighted by Crippen LogP contribution is 2.17. The van der Waals surface area contributed by atoms with Crippen LogP contribution >= 0.6 is 11.3 Å². The van der Waals surface area contributed by atoms with Gasteiger partial charge in [0.2, 0.25) is 0 Å². The number of hydrogen-bond donors (Lipinski definition) is 1. The van der Waals surface area contributed by atoms with Gasteiger partial charge in [-0.1, -0.05) is 25.5 Å². The standard InChI is InChI=1S/C14H18N2S/c1-3-4-13-10-17-14(16-13)9-11-5-7-12(15-2)8-6-11/h5-8,10,15H,3-4,9H2,1-2H3. The molecule has 0 amide bonds. The van der Waals surface area contributed by atoms with Crippen molar-refractivity contribution < 1.29 is 0 Å². The van der Waals surface area contributed by atoms with Crippen molar-refractivity contribution in [2.45, 2.75) is 26.2 Å². The van der Waals surface area contributed by atoms with Crippen LogP contribution < -0.4 is 5.32 Å². The van der Waals surface area contributed by atoms with Crippen LogP contribution in [0.3, 0.4) is 0 Å². The number of aromatic nitrogens is 1. The molecule has 1 aromatic carbocycles. The van der Waals surface area contributed by atoms with Crippen LogP contribution in [0.4, 0.5) is 5.69 Å². The largest absolute Gasteiger partial charge is 0.388 e. The van der Waals surface area contributed by atoms with Crippen molar-refractivity contribution in [1.29, 1.82) is 0 Å². The zero-order valence-corrected chi connectivity index (χ0v) is 11.2. The average molecular weight is 246 g/mol. The molecule has 0 atom stereocenters. The molecule has 0 spiro atoms. The molecule has 2 rings (SSSR count). The zero-order valence-electron chi connectivity index (χ0n) is 10.4. The summed E-state index contributed by atoms with van der Waals surface area (Å²) < 4.78 is 0. The molecule has 2 nitrogen and oxygen atoms in total. The van der Waals surface area contributed by atoms with Crippen molar-refractivity contribution in [2.75, 3.05) is 12.4 Å². The Hall–Kier alpha value is -1.35. The summed E-state index contributed by atoms with van der Waals surface area (Å²) in [5.74, 6) is 0. The van der Waals surface area contributed by atoms with E-state index in [9.17, 15) is 0 Å². The van der Waals surface area contributed by atoms with E-state index in [1.54, 1.807) is 11.3 Å². The van der Waals surface area contributed by atoms with Gasteiger partial charge < -0.3 is 5.32 Å². The fourth-order valence-electron chi connectivity index (χ4n) is 1.76. The van der Waals surface area contributed by atoms with Gasteiger partial charge in [-0.3, -0.25) is 0 Å². The second-order valence-corrected chi connectivity index (χ2v) is 5.05. The van der Waals surface area contributed by atoms with Gasteiger partial charge in [0.15, 0.2) is 0 Å². The highest BCUT2D eigenvalue weighted by molar-refractivity contribution is 7.09. The normalized spacial score (nSPS) is 10.5. The Kier molecular flexibility index (Phi) is 4.15. The number of thiazole rings is 1. The Labute approximate surface area is 107 Å². The van der Waals surface area contributed by atoms with Crippen molar-refractivity contribution in [2.24, 2.45) is 0 Å². The molecule has 0 radical (unpaired) electrons. The molecule has 0 bridgehead atoms. The SMILES string of the molecule is CCCc1csc(Cc2ccc(NC)cc2)n1. The van der Waals surface area contributed by atoms with Gasteiger partial charge in [-0.05, 0) is 24.1 Å². The molecule has 0 saturated carbocycles. The van der Waals surface area contributed by atoms with E-state index in [2.05, 4.69) is 46.9 Å². The first kappa shape index (κ1) is 12.1.